The molecule has 5 heavy (non-hydrogen) atoms. The first-order valence-electron chi connectivity index (χ1n) is 1.71. The Balaban J connectivity index is 2.62. The number of hydrogen-bond acceptors (Lipinski definition) is 1. The second-order valence-corrected chi connectivity index (χ2v) is 0.793. The first-order valence-corrected chi connectivity index (χ1v) is 1.71. The van der Waals surface area contributed by atoms with Gasteiger partial charge >= 0.3 is 0 Å². The summed E-state index contributed by atoms with van der Waals surface area (Å²) >= 11 is 0. The first kappa shape index (κ1) is 4.54. The fraction of sp³-hybridized carbons (Fsp3) is 0.500. The van der Waals surface area contributed by atoms with E-state index < -0.39 is 0 Å². The van der Waals surface area contributed by atoms with Gasteiger partial charge in [0.05, 0.1) is 6.26 Å². The predicted molar refractivity (Wildman–Crippen MR) is 22.1 cm³/mol. The summed E-state index contributed by atoms with van der Waals surface area (Å²) in [4.78, 5) is 0. The molecule has 0 aromatic heterocycles. The third-order valence-electron chi connectivity index (χ3n) is 0.341. The monoisotopic (exact) mass is 72.1 g/mol. The van der Waals surface area contributed by atoms with Crippen molar-refractivity contribution in [2.24, 2.45) is 0 Å². The van der Waals surface area contributed by atoms with Gasteiger partial charge in [-0.05, 0) is 6.42 Å². The van der Waals surface area contributed by atoms with Crippen LogP contribution in [0.2, 0.25) is 0 Å². The van der Waals surface area contributed by atoms with E-state index in [-0.39, 0.29) is 0 Å². The Labute approximate surface area is 31.9 Å². The minimum atomic E-state index is 0.913. The molecule has 0 unspecified atom stereocenters. The standard InChI is InChI=1S/C4H8O/c1-2-3-4-5/h3-5H,2H2,1H3/b4-3-. The molecule has 1 heteroatoms. The Kier molecular flexibility index (Phi) is 3.21. The highest BCUT2D eigenvalue weighted by Crippen LogP contribution is 1.71. The van der Waals surface area contributed by atoms with Crippen LogP contribution < -0.4 is 0 Å². The van der Waals surface area contributed by atoms with E-state index in [1.807, 2.05) is 6.92 Å². The molecule has 0 fully saturated rings. The van der Waals surface area contributed by atoms with Gasteiger partial charge in [-0.25, -0.2) is 0 Å². The largest absolute Gasteiger partial charge is 0.516 e. The van der Waals surface area contributed by atoms with Crippen molar-refractivity contribution in [3.63, 3.8) is 0 Å². The maximum atomic E-state index is 7.89. The smallest absolute Gasteiger partial charge is 0.0751 e. The highest BCUT2D eigenvalue weighted by atomic mass is 16.2. The molecule has 0 aromatic carbocycles. The molecule has 0 saturated heterocycles. The van der Waals surface area contributed by atoms with Crippen molar-refractivity contribution in [3.05, 3.63) is 12.3 Å². The zero-order valence-corrected chi connectivity index (χ0v) is 3.31. The van der Waals surface area contributed by atoms with E-state index >= 15 is 0 Å². The van der Waals surface area contributed by atoms with Gasteiger partial charge in [0.1, 0.15) is 0 Å². The van der Waals surface area contributed by atoms with Gasteiger partial charge in [-0.2, -0.15) is 0 Å². The van der Waals surface area contributed by atoms with Gasteiger partial charge in [0.25, 0.3) is 0 Å². The van der Waals surface area contributed by atoms with Gasteiger partial charge in [-0.1, -0.05) is 13.0 Å². The van der Waals surface area contributed by atoms with E-state index in [4.69, 9.17) is 5.11 Å². The average Bonchev–Trinajstić information content (AvgIpc) is 1.41. The molecule has 0 amide bonds. The van der Waals surface area contributed by atoms with E-state index in [0.29, 0.717) is 0 Å². The molecule has 1 nitrogen and oxygen atoms in total. The summed E-state index contributed by atoms with van der Waals surface area (Å²) in [5.74, 6) is 0. The van der Waals surface area contributed by atoms with E-state index in [9.17, 15) is 0 Å². The highest BCUT2D eigenvalue weighted by Gasteiger charge is 1.53. The molecule has 30 valence electrons. The maximum Gasteiger partial charge on any atom is 0.0751 e. The normalized spacial score (nSPS) is 9.80. The van der Waals surface area contributed by atoms with Crippen molar-refractivity contribution in [3.8, 4) is 0 Å². The molecule has 0 aliphatic heterocycles. The van der Waals surface area contributed by atoms with Crippen LogP contribution in [0.1, 0.15) is 13.3 Å². The number of rotatable bonds is 1. The molecule has 0 saturated carbocycles. The third kappa shape index (κ3) is 3.54. The lowest BCUT2D eigenvalue weighted by Gasteiger charge is -1.65. The van der Waals surface area contributed by atoms with Crippen LogP contribution in [0.3, 0.4) is 0 Å². The zero-order chi connectivity index (χ0) is 4.12. The Morgan fingerprint density at radius 1 is 1.80 bits per heavy atom. The van der Waals surface area contributed by atoms with Crippen molar-refractivity contribution in [1.82, 2.24) is 0 Å². The van der Waals surface area contributed by atoms with E-state index in [1.54, 1.807) is 6.08 Å². The van der Waals surface area contributed by atoms with Crippen LogP contribution in [0.15, 0.2) is 12.3 Å². The molecule has 0 atom stereocenters. The fourth-order valence-corrected chi connectivity index (χ4v) is 0.105. The maximum absolute atomic E-state index is 7.89. The van der Waals surface area contributed by atoms with Crippen LogP contribution >= 0.6 is 0 Å². The van der Waals surface area contributed by atoms with Crippen molar-refractivity contribution >= 4 is 0 Å². The molecule has 0 heterocycles. The highest BCUT2D eigenvalue weighted by molar-refractivity contribution is 4.66. The minimum absolute atomic E-state index is 0.913. The Morgan fingerprint density at radius 3 is 2.40 bits per heavy atom. The summed E-state index contributed by atoms with van der Waals surface area (Å²) in [5, 5.41) is 7.89. The van der Waals surface area contributed by atoms with Crippen LogP contribution in [0, 0.1) is 0 Å². The summed E-state index contributed by atoms with van der Waals surface area (Å²) in [5.41, 5.74) is 0. The number of aliphatic hydroxyl groups is 1. The Hall–Kier alpha value is -0.460. The molecule has 0 rings (SSSR count). The topological polar surface area (TPSA) is 20.2 Å². The second-order valence-electron chi connectivity index (χ2n) is 0.793. The summed E-state index contributed by atoms with van der Waals surface area (Å²) in [6.07, 6.45) is 3.65. The molecule has 1 N–H and O–H groups in total. The quantitative estimate of drug-likeness (QED) is 0.465. The van der Waals surface area contributed by atoms with Gasteiger partial charge in [0.2, 0.25) is 0 Å². The molecular formula is C4H8O. The summed E-state index contributed by atoms with van der Waals surface area (Å²) in [6, 6.07) is 0. The van der Waals surface area contributed by atoms with Crippen molar-refractivity contribution in [2.45, 2.75) is 13.3 Å². The first-order chi connectivity index (χ1) is 2.41. The van der Waals surface area contributed by atoms with Crippen LogP contribution in [0.25, 0.3) is 0 Å². The van der Waals surface area contributed by atoms with Gasteiger partial charge in [0, 0.05) is 0 Å². The predicted octanol–water partition coefficient (Wildman–Crippen LogP) is 1.47. The number of allylic oxidation sites excluding steroid dienone is 1. The lowest BCUT2D eigenvalue weighted by Crippen LogP contribution is -1.48. The molecule has 0 aliphatic rings. The van der Waals surface area contributed by atoms with Crippen LogP contribution in [-0.4, -0.2) is 5.11 Å². The summed E-state index contributed by atoms with van der Waals surface area (Å²) in [6.45, 7) is 1.96. The molecule has 0 radical (unpaired) electrons. The second kappa shape index (κ2) is 3.54. The minimum Gasteiger partial charge on any atom is -0.516 e. The summed E-state index contributed by atoms with van der Waals surface area (Å²) in [7, 11) is 0. The van der Waals surface area contributed by atoms with Crippen molar-refractivity contribution in [2.75, 3.05) is 0 Å². The third-order valence-corrected chi connectivity index (χ3v) is 0.341. The molecular weight excluding hydrogens is 64.0 g/mol. The number of aliphatic hydroxyl groups excluding tert-OH is 1. The zero-order valence-electron chi connectivity index (χ0n) is 3.31. The average molecular weight is 72.1 g/mol. The molecule has 0 aliphatic carbocycles. The van der Waals surface area contributed by atoms with Gasteiger partial charge < -0.3 is 5.11 Å². The number of hydrogen-bond donors (Lipinski definition) is 1. The lowest BCUT2D eigenvalue weighted by molar-refractivity contribution is 0.471. The van der Waals surface area contributed by atoms with Crippen LogP contribution in [-0.2, 0) is 0 Å². The van der Waals surface area contributed by atoms with E-state index in [2.05, 4.69) is 0 Å². The van der Waals surface area contributed by atoms with Gasteiger partial charge in [-0.15, -0.1) is 0 Å². The lowest BCUT2D eigenvalue weighted by atomic mass is 10.5. The summed E-state index contributed by atoms with van der Waals surface area (Å²) < 4.78 is 0. The Morgan fingerprint density at radius 2 is 2.40 bits per heavy atom. The van der Waals surface area contributed by atoms with Crippen LogP contribution in [0.5, 0.6) is 0 Å². The fourth-order valence-electron chi connectivity index (χ4n) is 0.105. The molecule has 0 aromatic rings. The van der Waals surface area contributed by atoms with Crippen molar-refractivity contribution in [1.29, 1.82) is 0 Å². The van der Waals surface area contributed by atoms with Crippen molar-refractivity contribution < 1.29 is 5.11 Å². The van der Waals surface area contributed by atoms with E-state index in [0.717, 1.165) is 12.7 Å². The molecule has 0 spiro atoms. The van der Waals surface area contributed by atoms with Gasteiger partial charge in [0.15, 0.2) is 0 Å². The van der Waals surface area contributed by atoms with E-state index in [1.165, 1.54) is 0 Å². The van der Waals surface area contributed by atoms with Gasteiger partial charge in [-0.3, -0.25) is 0 Å². The molecule has 0 bridgehead atoms. The van der Waals surface area contributed by atoms with Crippen LogP contribution in [0.4, 0.5) is 0 Å². The SMILES string of the molecule is CC/C=C\O. The Bertz CT molecular complexity index is 30.6.